The molecule has 0 atom stereocenters. The smallest absolute Gasteiger partial charge is 0.159 e. The number of hydrogen-bond acceptors (Lipinski definition) is 2. The molecule has 0 radical (unpaired) electrons. The van der Waals surface area contributed by atoms with Gasteiger partial charge >= 0.3 is 0 Å². The van der Waals surface area contributed by atoms with Crippen LogP contribution in [0.1, 0.15) is 33.1 Å². The van der Waals surface area contributed by atoms with Gasteiger partial charge in [0.25, 0.3) is 0 Å². The van der Waals surface area contributed by atoms with E-state index in [0.717, 1.165) is 17.9 Å². The maximum Gasteiger partial charge on any atom is 0.159 e. The van der Waals surface area contributed by atoms with Gasteiger partial charge in [-0.1, -0.05) is 13.3 Å². The van der Waals surface area contributed by atoms with Crippen molar-refractivity contribution in [2.75, 3.05) is 6.61 Å². The Bertz CT molecular complexity index is 81.0. The van der Waals surface area contributed by atoms with Gasteiger partial charge in [-0.15, -0.1) is 0 Å². The Labute approximate surface area is 62.4 Å². The minimum Gasteiger partial charge on any atom is -0.487 e. The molecule has 0 aliphatic rings. The highest BCUT2D eigenvalue weighted by Gasteiger charge is 1.92. The molecular weight excluding hydrogens is 132 g/mol. The first-order valence-corrected chi connectivity index (χ1v) is 3.87. The molecule has 0 aromatic carbocycles. The van der Waals surface area contributed by atoms with Gasteiger partial charge in [0.15, 0.2) is 5.05 Å². The third-order valence-electron chi connectivity index (χ3n) is 1.04. The maximum absolute atomic E-state index is 5.08. The summed E-state index contributed by atoms with van der Waals surface area (Å²) >= 11 is 4.90. The van der Waals surface area contributed by atoms with Crippen LogP contribution in [0.2, 0.25) is 0 Å². The van der Waals surface area contributed by atoms with Crippen molar-refractivity contribution in [2.24, 2.45) is 0 Å². The van der Waals surface area contributed by atoms with Crippen LogP contribution < -0.4 is 0 Å². The van der Waals surface area contributed by atoms with Crippen molar-refractivity contribution in [3.8, 4) is 0 Å². The lowest BCUT2D eigenvalue weighted by molar-refractivity contribution is 0.326. The standard InChI is InChI=1S/C7H14OS/c1-3-5-6-7(9)8-4-2/h3-6H2,1-2H3. The van der Waals surface area contributed by atoms with Crippen molar-refractivity contribution in [1.82, 2.24) is 0 Å². The summed E-state index contributed by atoms with van der Waals surface area (Å²) in [7, 11) is 0. The van der Waals surface area contributed by atoms with Crippen molar-refractivity contribution in [2.45, 2.75) is 33.1 Å². The molecule has 0 amide bonds. The van der Waals surface area contributed by atoms with E-state index in [0.29, 0.717) is 6.61 Å². The summed E-state index contributed by atoms with van der Waals surface area (Å²) in [6.45, 7) is 4.81. The highest BCUT2D eigenvalue weighted by atomic mass is 32.1. The number of ether oxygens (including phenoxy) is 1. The van der Waals surface area contributed by atoms with Crippen molar-refractivity contribution in [3.63, 3.8) is 0 Å². The van der Waals surface area contributed by atoms with Gasteiger partial charge in [0.2, 0.25) is 0 Å². The molecule has 0 heterocycles. The molecule has 0 aliphatic heterocycles. The van der Waals surface area contributed by atoms with Crippen LogP contribution >= 0.6 is 12.2 Å². The summed E-state index contributed by atoms with van der Waals surface area (Å²) in [6.07, 6.45) is 3.28. The monoisotopic (exact) mass is 146 g/mol. The molecule has 0 aromatic heterocycles. The zero-order valence-corrected chi connectivity index (χ0v) is 6.96. The Kier molecular flexibility index (Phi) is 5.94. The molecule has 0 N–H and O–H groups in total. The second kappa shape index (κ2) is 6.02. The number of unbranched alkanes of at least 4 members (excludes halogenated alkanes) is 1. The van der Waals surface area contributed by atoms with E-state index < -0.39 is 0 Å². The lowest BCUT2D eigenvalue weighted by atomic mass is 10.3. The van der Waals surface area contributed by atoms with Crippen molar-refractivity contribution >= 4 is 17.3 Å². The van der Waals surface area contributed by atoms with E-state index in [-0.39, 0.29) is 0 Å². The average Bonchev–Trinajstić information content (AvgIpc) is 1.85. The normalized spacial score (nSPS) is 9.11. The summed E-state index contributed by atoms with van der Waals surface area (Å²) in [6, 6.07) is 0. The predicted molar refractivity (Wildman–Crippen MR) is 43.7 cm³/mol. The van der Waals surface area contributed by atoms with Crippen LogP contribution in [-0.4, -0.2) is 11.7 Å². The average molecular weight is 146 g/mol. The predicted octanol–water partition coefficient (Wildman–Crippen LogP) is 2.54. The van der Waals surface area contributed by atoms with E-state index in [1.165, 1.54) is 6.42 Å². The Morgan fingerprint density at radius 1 is 1.44 bits per heavy atom. The van der Waals surface area contributed by atoms with E-state index in [4.69, 9.17) is 17.0 Å². The van der Waals surface area contributed by atoms with Gasteiger partial charge in [-0.3, -0.25) is 0 Å². The fourth-order valence-corrected chi connectivity index (χ4v) is 0.816. The van der Waals surface area contributed by atoms with E-state index >= 15 is 0 Å². The molecule has 1 nitrogen and oxygen atoms in total. The second-order valence-electron chi connectivity index (χ2n) is 1.91. The van der Waals surface area contributed by atoms with E-state index in [2.05, 4.69) is 6.92 Å². The number of hydrogen-bond donors (Lipinski definition) is 0. The first-order chi connectivity index (χ1) is 4.31. The lowest BCUT2D eigenvalue weighted by Crippen LogP contribution is -1.99. The van der Waals surface area contributed by atoms with Crippen LogP contribution in [0, 0.1) is 0 Å². The van der Waals surface area contributed by atoms with Gasteiger partial charge in [0.1, 0.15) is 0 Å². The Hall–Kier alpha value is -0.110. The molecule has 9 heavy (non-hydrogen) atoms. The second-order valence-corrected chi connectivity index (χ2v) is 2.36. The largest absolute Gasteiger partial charge is 0.487 e. The topological polar surface area (TPSA) is 9.23 Å². The molecule has 0 fully saturated rings. The lowest BCUT2D eigenvalue weighted by Gasteiger charge is -2.01. The fraction of sp³-hybridized carbons (Fsp3) is 0.857. The highest BCUT2D eigenvalue weighted by molar-refractivity contribution is 7.80. The fourth-order valence-electron chi connectivity index (χ4n) is 0.554. The zero-order valence-electron chi connectivity index (χ0n) is 6.14. The first kappa shape index (κ1) is 8.89. The van der Waals surface area contributed by atoms with Gasteiger partial charge in [0, 0.05) is 6.42 Å². The molecule has 0 aliphatic carbocycles. The van der Waals surface area contributed by atoms with E-state index in [1.807, 2.05) is 6.92 Å². The summed E-state index contributed by atoms with van der Waals surface area (Å²) < 4.78 is 5.08. The van der Waals surface area contributed by atoms with Gasteiger partial charge in [-0.05, 0) is 25.6 Å². The van der Waals surface area contributed by atoms with Gasteiger partial charge < -0.3 is 4.74 Å². The van der Waals surface area contributed by atoms with Crippen molar-refractivity contribution in [3.05, 3.63) is 0 Å². The van der Waals surface area contributed by atoms with Crippen LogP contribution in [0.25, 0.3) is 0 Å². The van der Waals surface area contributed by atoms with E-state index in [9.17, 15) is 0 Å². The summed E-state index contributed by atoms with van der Waals surface area (Å²) in [5.41, 5.74) is 0. The number of thiocarbonyl (C=S) groups is 1. The molecule has 54 valence electrons. The summed E-state index contributed by atoms with van der Waals surface area (Å²) in [4.78, 5) is 0. The number of rotatable bonds is 4. The molecule has 0 saturated carbocycles. The van der Waals surface area contributed by atoms with Gasteiger partial charge in [-0.25, -0.2) is 0 Å². The van der Waals surface area contributed by atoms with Gasteiger partial charge in [0.05, 0.1) is 6.61 Å². The molecule has 0 spiro atoms. The zero-order chi connectivity index (χ0) is 7.11. The van der Waals surface area contributed by atoms with Crippen LogP contribution in [0.4, 0.5) is 0 Å². The van der Waals surface area contributed by atoms with Gasteiger partial charge in [-0.2, -0.15) is 0 Å². The Morgan fingerprint density at radius 2 is 2.11 bits per heavy atom. The summed E-state index contributed by atoms with van der Waals surface area (Å²) in [5, 5.41) is 0.763. The Morgan fingerprint density at radius 3 is 2.56 bits per heavy atom. The quantitative estimate of drug-likeness (QED) is 0.564. The third kappa shape index (κ3) is 5.77. The minimum atomic E-state index is 0.711. The first-order valence-electron chi connectivity index (χ1n) is 3.46. The highest BCUT2D eigenvalue weighted by Crippen LogP contribution is 1.97. The maximum atomic E-state index is 5.08. The Balaban J connectivity index is 3.06. The molecular formula is C7H14OS. The molecule has 0 bridgehead atoms. The summed E-state index contributed by atoms with van der Waals surface area (Å²) in [5.74, 6) is 0. The third-order valence-corrected chi connectivity index (χ3v) is 1.36. The molecule has 2 heteroatoms. The van der Waals surface area contributed by atoms with Crippen LogP contribution in [0.3, 0.4) is 0 Å². The molecule has 0 rings (SSSR count). The van der Waals surface area contributed by atoms with Crippen LogP contribution in [-0.2, 0) is 4.74 Å². The van der Waals surface area contributed by atoms with Crippen LogP contribution in [0.5, 0.6) is 0 Å². The molecule has 0 aromatic rings. The minimum absolute atomic E-state index is 0.711. The molecule has 0 unspecified atom stereocenters. The van der Waals surface area contributed by atoms with E-state index in [1.54, 1.807) is 0 Å². The van der Waals surface area contributed by atoms with Crippen molar-refractivity contribution < 1.29 is 4.74 Å². The van der Waals surface area contributed by atoms with Crippen LogP contribution in [0.15, 0.2) is 0 Å². The van der Waals surface area contributed by atoms with Crippen molar-refractivity contribution in [1.29, 1.82) is 0 Å². The SMILES string of the molecule is CCCCC(=S)OCC. The molecule has 0 saturated heterocycles.